The highest BCUT2D eigenvalue weighted by atomic mass is 32.1. The molecular formula is C17H15NO5S. The lowest BCUT2D eigenvalue weighted by Crippen LogP contribution is -2.15. The predicted molar refractivity (Wildman–Crippen MR) is 90.5 cm³/mol. The Bertz CT molecular complexity index is 895. The van der Waals surface area contributed by atoms with E-state index in [0.717, 1.165) is 5.39 Å². The average Bonchev–Trinajstić information content (AvgIpc) is 3.19. The summed E-state index contributed by atoms with van der Waals surface area (Å²) >= 11 is 1.19. The second kappa shape index (κ2) is 6.86. The second-order valence-corrected chi connectivity index (χ2v) is 5.86. The Kier molecular flexibility index (Phi) is 4.64. The summed E-state index contributed by atoms with van der Waals surface area (Å²) in [6.45, 7) is 0.243. The van der Waals surface area contributed by atoms with Crippen molar-refractivity contribution in [2.24, 2.45) is 0 Å². The Morgan fingerprint density at radius 2 is 2.00 bits per heavy atom. The number of rotatable bonds is 5. The van der Waals surface area contributed by atoms with Crippen molar-refractivity contribution < 1.29 is 23.5 Å². The van der Waals surface area contributed by atoms with Crippen LogP contribution in [0.1, 0.15) is 25.8 Å². The summed E-state index contributed by atoms with van der Waals surface area (Å²) in [6, 6.07) is 9.00. The van der Waals surface area contributed by atoms with E-state index in [1.807, 2.05) is 18.2 Å². The molecule has 3 aromatic rings. The third-order valence-electron chi connectivity index (χ3n) is 3.48. The Balaban J connectivity index is 1.96. The number of amides is 1. The third kappa shape index (κ3) is 2.91. The molecule has 0 spiro atoms. The second-order valence-electron chi connectivity index (χ2n) is 4.95. The summed E-state index contributed by atoms with van der Waals surface area (Å²) in [6.07, 6.45) is 0. The number of fused-ring (bicyclic) bond motifs is 1. The van der Waals surface area contributed by atoms with Crippen LogP contribution in [0.2, 0.25) is 0 Å². The SMILES string of the molecule is COCc1c(C(=O)Nc2ccsc2C(=O)OC)oc2ccccc12. The summed E-state index contributed by atoms with van der Waals surface area (Å²) in [4.78, 5) is 24.7. The third-order valence-corrected chi connectivity index (χ3v) is 4.37. The minimum atomic E-state index is -0.498. The van der Waals surface area contributed by atoms with Crippen LogP contribution in [-0.2, 0) is 16.1 Å². The van der Waals surface area contributed by atoms with Crippen LogP contribution in [0.4, 0.5) is 5.69 Å². The first-order valence-electron chi connectivity index (χ1n) is 7.12. The molecule has 0 atom stereocenters. The molecule has 0 aliphatic heterocycles. The van der Waals surface area contributed by atoms with Gasteiger partial charge in [-0.15, -0.1) is 11.3 Å². The Hall–Kier alpha value is -2.64. The van der Waals surface area contributed by atoms with Crippen LogP contribution < -0.4 is 5.32 Å². The van der Waals surface area contributed by atoms with E-state index in [1.165, 1.54) is 18.4 Å². The lowest BCUT2D eigenvalue weighted by molar-refractivity contribution is 0.0607. The Labute approximate surface area is 142 Å². The molecule has 7 heteroatoms. The van der Waals surface area contributed by atoms with Gasteiger partial charge in [-0.1, -0.05) is 18.2 Å². The van der Waals surface area contributed by atoms with E-state index in [-0.39, 0.29) is 12.4 Å². The largest absolute Gasteiger partial charge is 0.465 e. The number of nitrogens with one attached hydrogen (secondary N) is 1. The molecule has 0 bridgehead atoms. The molecule has 0 saturated carbocycles. The van der Waals surface area contributed by atoms with Gasteiger partial charge in [-0.2, -0.15) is 0 Å². The van der Waals surface area contributed by atoms with E-state index in [4.69, 9.17) is 13.9 Å². The predicted octanol–water partition coefficient (Wildman–Crippen LogP) is 3.68. The molecule has 24 heavy (non-hydrogen) atoms. The highest BCUT2D eigenvalue weighted by Gasteiger charge is 2.23. The zero-order valence-electron chi connectivity index (χ0n) is 13.1. The quantitative estimate of drug-likeness (QED) is 0.714. The number of para-hydroxylation sites is 1. The van der Waals surface area contributed by atoms with Gasteiger partial charge in [0, 0.05) is 18.1 Å². The zero-order valence-corrected chi connectivity index (χ0v) is 13.9. The van der Waals surface area contributed by atoms with Crippen molar-refractivity contribution in [2.45, 2.75) is 6.61 Å². The highest BCUT2D eigenvalue weighted by molar-refractivity contribution is 7.12. The molecule has 2 heterocycles. The van der Waals surface area contributed by atoms with E-state index in [1.54, 1.807) is 24.6 Å². The summed E-state index contributed by atoms with van der Waals surface area (Å²) in [5.41, 5.74) is 1.66. The molecule has 1 aromatic carbocycles. The standard InChI is InChI=1S/C17H15NO5S/c1-21-9-11-10-5-3-4-6-13(10)23-14(11)16(19)18-12-7-8-24-15(12)17(20)22-2/h3-8H,9H2,1-2H3,(H,18,19). The van der Waals surface area contributed by atoms with E-state index in [2.05, 4.69) is 5.32 Å². The van der Waals surface area contributed by atoms with E-state index in [9.17, 15) is 9.59 Å². The van der Waals surface area contributed by atoms with Gasteiger partial charge >= 0.3 is 5.97 Å². The van der Waals surface area contributed by atoms with Gasteiger partial charge in [-0.25, -0.2) is 4.79 Å². The molecule has 1 amide bonds. The van der Waals surface area contributed by atoms with Crippen LogP contribution >= 0.6 is 11.3 Å². The summed E-state index contributed by atoms with van der Waals surface area (Å²) in [5, 5.41) is 5.23. The number of ether oxygens (including phenoxy) is 2. The van der Waals surface area contributed by atoms with Crippen molar-refractivity contribution in [1.82, 2.24) is 0 Å². The molecule has 1 N–H and O–H groups in total. The van der Waals surface area contributed by atoms with Gasteiger partial charge in [0.1, 0.15) is 10.5 Å². The fraction of sp³-hybridized carbons (Fsp3) is 0.176. The smallest absolute Gasteiger partial charge is 0.350 e. The number of furan rings is 1. The number of hydrogen-bond acceptors (Lipinski definition) is 6. The maximum absolute atomic E-state index is 12.6. The first-order valence-corrected chi connectivity index (χ1v) is 8.00. The first-order chi connectivity index (χ1) is 11.7. The lowest BCUT2D eigenvalue weighted by atomic mass is 10.1. The van der Waals surface area contributed by atoms with Crippen LogP contribution in [0.15, 0.2) is 40.1 Å². The molecule has 3 rings (SSSR count). The van der Waals surface area contributed by atoms with Gasteiger partial charge in [0.25, 0.3) is 5.91 Å². The van der Waals surface area contributed by atoms with E-state index < -0.39 is 11.9 Å². The van der Waals surface area contributed by atoms with Gasteiger partial charge in [-0.05, 0) is 17.5 Å². The molecule has 0 fully saturated rings. The molecule has 0 aliphatic rings. The van der Waals surface area contributed by atoms with Crippen molar-refractivity contribution in [1.29, 1.82) is 0 Å². The number of benzene rings is 1. The number of anilines is 1. The minimum absolute atomic E-state index is 0.167. The number of thiophene rings is 1. The van der Waals surface area contributed by atoms with Gasteiger partial charge in [-0.3, -0.25) is 4.79 Å². The van der Waals surface area contributed by atoms with Gasteiger partial charge in [0.15, 0.2) is 5.76 Å². The number of esters is 1. The van der Waals surface area contributed by atoms with Crippen LogP contribution in [0.5, 0.6) is 0 Å². The zero-order chi connectivity index (χ0) is 17.1. The van der Waals surface area contributed by atoms with Gasteiger partial charge < -0.3 is 19.2 Å². The monoisotopic (exact) mass is 345 g/mol. The molecule has 0 unspecified atom stereocenters. The normalized spacial score (nSPS) is 10.8. The van der Waals surface area contributed by atoms with E-state index >= 15 is 0 Å². The van der Waals surface area contributed by atoms with Crippen LogP contribution in [0.3, 0.4) is 0 Å². The minimum Gasteiger partial charge on any atom is -0.465 e. The molecule has 0 saturated heterocycles. The number of carbonyl (C=O) groups is 2. The molecule has 0 radical (unpaired) electrons. The van der Waals surface area contributed by atoms with Crippen molar-refractivity contribution in [3.05, 3.63) is 51.9 Å². The summed E-state index contributed by atoms with van der Waals surface area (Å²) in [7, 11) is 2.85. The van der Waals surface area contributed by atoms with Crippen LogP contribution in [0.25, 0.3) is 11.0 Å². The number of hydrogen-bond donors (Lipinski definition) is 1. The van der Waals surface area contributed by atoms with E-state index in [0.29, 0.717) is 21.7 Å². The summed E-state index contributed by atoms with van der Waals surface area (Å²) in [5.74, 6) is -0.774. The Morgan fingerprint density at radius 1 is 1.21 bits per heavy atom. The molecule has 124 valence electrons. The van der Waals surface area contributed by atoms with Crippen LogP contribution in [-0.4, -0.2) is 26.1 Å². The van der Waals surface area contributed by atoms with Gasteiger partial charge in [0.2, 0.25) is 0 Å². The maximum Gasteiger partial charge on any atom is 0.350 e. The fourth-order valence-corrected chi connectivity index (χ4v) is 3.17. The van der Waals surface area contributed by atoms with Crippen LogP contribution in [0, 0.1) is 0 Å². The number of carbonyl (C=O) groups excluding carboxylic acids is 2. The van der Waals surface area contributed by atoms with Crippen molar-refractivity contribution in [3.8, 4) is 0 Å². The average molecular weight is 345 g/mol. The fourth-order valence-electron chi connectivity index (χ4n) is 2.41. The van der Waals surface area contributed by atoms with Crippen molar-refractivity contribution in [2.75, 3.05) is 19.5 Å². The number of methoxy groups -OCH3 is 2. The maximum atomic E-state index is 12.6. The highest BCUT2D eigenvalue weighted by Crippen LogP contribution is 2.29. The molecule has 2 aromatic heterocycles. The molecule has 6 nitrogen and oxygen atoms in total. The molecular weight excluding hydrogens is 330 g/mol. The van der Waals surface area contributed by atoms with Crippen molar-refractivity contribution in [3.63, 3.8) is 0 Å². The Morgan fingerprint density at radius 3 is 2.75 bits per heavy atom. The lowest BCUT2D eigenvalue weighted by Gasteiger charge is -2.05. The van der Waals surface area contributed by atoms with Gasteiger partial charge in [0.05, 0.1) is 19.4 Å². The van der Waals surface area contributed by atoms with Crippen molar-refractivity contribution >= 4 is 39.9 Å². The summed E-state index contributed by atoms with van der Waals surface area (Å²) < 4.78 is 15.6. The first kappa shape index (κ1) is 16.2. The molecule has 0 aliphatic carbocycles. The topological polar surface area (TPSA) is 77.8 Å².